The summed E-state index contributed by atoms with van der Waals surface area (Å²) in [6, 6.07) is 5.28. The predicted molar refractivity (Wildman–Crippen MR) is 72.8 cm³/mol. The Morgan fingerprint density at radius 1 is 1.35 bits per heavy atom. The molecule has 0 aliphatic carbocycles. The van der Waals surface area contributed by atoms with E-state index in [9.17, 15) is 9.90 Å². The normalized spacial score (nSPS) is 21.2. The lowest BCUT2D eigenvalue weighted by molar-refractivity contribution is -0.134. The van der Waals surface area contributed by atoms with Crippen LogP contribution in [0, 0.1) is 0 Å². The van der Waals surface area contributed by atoms with Gasteiger partial charge < -0.3 is 19.5 Å². The smallest absolute Gasteiger partial charge is 0.260 e. The second kappa shape index (κ2) is 5.71. The Morgan fingerprint density at radius 3 is 2.95 bits per heavy atom. The van der Waals surface area contributed by atoms with Crippen LogP contribution in [-0.4, -0.2) is 42.2 Å². The van der Waals surface area contributed by atoms with Gasteiger partial charge in [-0.3, -0.25) is 4.79 Å². The van der Waals surface area contributed by atoms with Gasteiger partial charge in [-0.05, 0) is 31.4 Å². The monoisotopic (exact) mass is 277 g/mol. The first kappa shape index (κ1) is 13.2. The molecule has 0 aromatic heterocycles. The van der Waals surface area contributed by atoms with Gasteiger partial charge in [0.15, 0.2) is 6.61 Å². The minimum Gasteiger partial charge on any atom is -0.490 e. The van der Waals surface area contributed by atoms with Crippen LogP contribution in [0.1, 0.15) is 30.9 Å². The molecule has 0 bridgehead atoms. The number of carbonyl (C=O) groups is 1. The highest BCUT2D eigenvalue weighted by Gasteiger charge is 2.22. The van der Waals surface area contributed by atoms with Crippen molar-refractivity contribution in [3.05, 3.63) is 23.8 Å². The van der Waals surface area contributed by atoms with E-state index in [0.29, 0.717) is 11.5 Å². The van der Waals surface area contributed by atoms with E-state index in [1.165, 1.54) is 6.42 Å². The Labute approximate surface area is 118 Å². The zero-order chi connectivity index (χ0) is 13.9. The topological polar surface area (TPSA) is 59.0 Å². The minimum atomic E-state index is -0.561. The lowest BCUT2D eigenvalue weighted by Gasteiger charge is -2.26. The van der Waals surface area contributed by atoms with Crippen molar-refractivity contribution in [2.24, 2.45) is 0 Å². The van der Waals surface area contributed by atoms with Crippen LogP contribution in [-0.2, 0) is 4.79 Å². The minimum absolute atomic E-state index is 0.0335. The van der Waals surface area contributed by atoms with E-state index in [-0.39, 0.29) is 19.1 Å². The van der Waals surface area contributed by atoms with Gasteiger partial charge in [0, 0.05) is 24.7 Å². The quantitative estimate of drug-likeness (QED) is 0.909. The fraction of sp³-hybridized carbons (Fsp3) is 0.533. The van der Waals surface area contributed by atoms with E-state index >= 15 is 0 Å². The molecule has 2 aliphatic heterocycles. The highest BCUT2D eigenvalue weighted by atomic mass is 16.5. The van der Waals surface area contributed by atoms with E-state index in [2.05, 4.69) is 0 Å². The van der Waals surface area contributed by atoms with Gasteiger partial charge in [0.25, 0.3) is 5.91 Å². The lowest BCUT2D eigenvalue weighted by atomic mass is 10.1. The molecular formula is C15H19NO4. The van der Waals surface area contributed by atoms with Crippen molar-refractivity contribution in [3.8, 4) is 11.5 Å². The van der Waals surface area contributed by atoms with Crippen LogP contribution in [0.25, 0.3) is 0 Å². The van der Waals surface area contributed by atoms with Crippen molar-refractivity contribution in [2.75, 3.05) is 26.3 Å². The Morgan fingerprint density at radius 2 is 2.15 bits per heavy atom. The summed E-state index contributed by atoms with van der Waals surface area (Å²) in [5.41, 5.74) is 0.778. The largest absolute Gasteiger partial charge is 0.490 e. The summed E-state index contributed by atoms with van der Waals surface area (Å²) in [7, 11) is 0. The van der Waals surface area contributed by atoms with Gasteiger partial charge in [-0.25, -0.2) is 0 Å². The number of ether oxygens (including phenoxy) is 2. The number of likely N-dealkylation sites (tertiary alicyclic amines) is 1. The third-order valence-corrected chi connectivity index (χ3v) is 3.81. The number of hydrogen-bond acceptors (Lipinski definition) is 4. The standard InChI is InChI=1S/C15H19NO4/c17-13-9-20-14-8-11(4-5-12(13)14)19-10-15(18)16-6-2-1-3-7-16/h4-5,8,13,17H,1-3,6-7,9-10H2. The molecule has 5 heteroatoms. The van der Waals surface area contributed by atoms with E-state index in [4.69, 9.17) is 9.47 Å². The Hall–Kier alpha value is -1.75. The molecule has 1 unspecified atom stereocenters. The molecule has 20 heavy (non-hydrogen) atoms. The molecule has 1 aromatic carbocycles. The molecule has 1 aromatic rings. The van der Waals surface area contributed by atoms with Gasteiger partial charge in [-0.15, -0.1) is 0 Å². The third kappa shape index (κ3) is 2.72. The Bertz CT molecular complexity index is 497. The number of amides is 1. The van der Waals surface area contributed by atoms with Crippen LogP contribution in [0.3, 0.4) is 0 Å². The van der Waals surface area contributed by atoms with Crippen LogP contribution < -0.4 is 9.47 Å². The Balaban J connectivity index is 1.57. The summed E-state index contributed by atoms with van der Waals surface area (Å²) >= 11 is 0. The van der Waals surface area contributed by atoms with Crippen molar-refractivity contribution < 1.29 is 19.4 Å². The van der Waals surface area contributed by atoms with E-state index in [0.717, 1.165) is 31.5 Å². The van der Waals surface area contributed by atoms with E-state index in [1.807, 2.05) is 4.90 Å². The summed E-state index contributed by atoms with van der Waals surface area (Å²) in [6.45, 7) is 2.01. The zero-order valence-electron chi connectivity index (χ0n) is 11.4. The molecule has 1 saturated heterocycles. The first-order valence-electron chi connectivity index (χ1n) is 7.09. The number of aliphatic hydroxyl groups excluding tert-OH is 1. The molecule has 1 atom stereocenters. The lowest BCUT2D eigenvalue weighted by Crippen LogP contribution is -2.38. The molecule has 1 fully saturated rings. The maximum atomic E-state index is 12.0. The Kier molecular flexibility index (Phi) is 3.78. The number of benzene rings is 1. The number of rotatable bonds is 3. The molecule has 3 rings (SSSR count). The molecule has 5 nitrogen and oxygen atoms in total. The van der Waals surface area contributed by atoms with Crippen LogP contribution in [0.4, 0.5) is 0 Å². The first-order chi connectivity index (χ1) is 9.74. The number of hydrogen-bond donors (Lipinski definition) is 1. The molecule has 2 heterocycles. The summed E-state index contributed by atoms with van der Waals surface area (Å²) in [6.07, 6.45) is 2.80. The van der Waals surface area contributed by atoms with Gasteiger partial charge >= 0.3 is 0 Å². The van der Waals surface area contributed by atoms with Crippen LogP contribution in [0.2, 0.25) is 0 Å². The first-order valence-corrected chi connectivity index (χ1v) is 7.09. The average Bonchev–Trinajstić information content (AvgIpc) is 2.87. The highest BCUT2D eigenvalue weighted by Crippen LogP contribution is 2.35. The fourth-order valence-corrected chi connectivity index (χ4v) is 2.64. The van der Waals surface area contributed by atoms with Crippen LogP contribution >= 0.6 is 0 Å². The van der Waals surface area contributed by atoms with E-state index < -0.39 is 6.10 Å². The molecule has 108 valence electrons. The molecule has 0 saturated carbocycles. The van der Waals surface area contributed by atoms with Gasteiger partial charge in [0.2, 0.25) is 0 Å². The van der Waals surface area contributed by atoms with Crippen molar-refractivity contribution in [2.45, 2.75) is 25.4 Å². The summed E-state index contributed by atoms with van der Waals surface area (Å²) in [4.78, 5) is 13.8. The zero-order valence-corrected chi connectivity index (χ0v) is 11.4. The van der Waals surface area contributed by atoms with Gasteiger partial charge in [0.05, 0.1) is 0 Å². The molecule has 0 spiro atoms. The summed E-state index contributed by atoms with van der Waals surface area (Å²) in [5.74, 6) is 1.27. The third-order valence-electron chi connectivity index (χ3n) is 3.81. The summed E-state index contributed by atoms with van der Waals surface area (Å²) in [5, 5.41) is 9.63. The van der Waals surface area contributed by atoms with Crippen molar-refractivity contribution >= 4 is 5.91 Å². The van der Waals surface area contributed by atoms with E-state index in [1.54, 1.807) is 18.2 Å². The number of piperidine rings is 1. The summed E-state index contributed by atoms with van der Waals surface area (Å²) < 4.78 is 10.9. The van der Waals surface area contributed by atoms with Crippen molar-refractivity contribution in [1.29, 1.82) is 0 Å². The molecule has 2 aliphatic rings. The second-order valence-corrected chi connectivity index (χ2v) is 5.26. The van der Waals surface area contributed by atoms with Crippen molar-refractivity contribution in [1.82, 2.24) is 4.90 Å². The number of nitrogens with zero attached hydrogens (tertiary/aromatic N) is 1. The van der Waals surface area contributed by atoms with Gasteiger partial charge in [-0.2, -0.15) is 0 Å². The van der Waals surface area contributed by atoms with Crippen LogP contribution in [0.5, 0.6) is 11.5 Å². The number of aliphatic hydroxyl groups is 1. The predicted octanol–water partition coefficient (Wildman–Crippen LogP) is 1.50. The van der Waals surface area contributed by atoms with Crippen LogP contribution in [0.15, 0.2) is 18.2 Å². The maximum Gasteiger partial charge on any atom is 0.260 e. The SMILES string of the molecule is O=C(COc1ccc2c(c1)OCC2O)N1CCCCC1. The average molecular weight is 277 g/mol. The fourth-order valence-electron chi connectivity index (χ4n) is 2.64. The van der Waals surface area contributed by atoms with Gasteiger partial charge in [-0.1, -0.05) is 0 Å². The molecule has 1 N–H and O–H groups in total. The molecular weight excluding hydrogens is 258 g/mol. The number of carbonyl (C=O) groups excluding carboxylic acids is 1. The van der Waals surface area contributed by atoms with Crippen molar-refractivity contribution in [3.63, 3.8) is 0 Å². The van der Waals surface area contributed by atoms with Gasteiger partial charge in [0.1, 0.15) is 24.2 Å². The second-order valence-electron chi connectivity index (χ2n) is 5.26. The highest BCUT2D eigenvalue weighted by molar-refractivity contribution is 5.77. The maximum absolute atomic E-state index is 12.0. The molecule has 1 amide bonds. The number of fused-ring (bicyclic) bond motifs is 1. The molecule has 0 radical (unpaired) electrons.